The van der Waals surface area contributed by atoms with Gasteiger partial charge in [-0.05, 0) is 25.0 Å². The molecular formula is C19H16Cl2N6. The van der Waals surface area contributed by atoms with Crippen molar-refractivity contribution in [2.75, 3.05) is 11.4 Å². The molecule has 1 aliphatic rings. The van der Waals surface area contributed by atoms with Crippen LogP contribution in [0.1, 0.15) is 24.7 Å². The zero-order valence-electron chi connectivity index (χ0n) is 14.3. The maximum atomic E-state index is 6.52. The van der Waals surface area contributed by atoms with Crippen LogP contribution >= 0.6 is 23.2 Å². The van der Waals surface area contributed by atoms with Gasteiger partial charge in [0, 0.05) is 42.8 Å². The number of fused-ring (bicyclic) bond motifs is 1. The summed E-state index contributed by atoms with van der Waals surface area (Å²) in [5, 5.41) is 1.89. The van der Waals surface area contributed by atoms with Gasteiger partial charge in [0.05, 0.1) is 33.6 Å². The Bertz CT molecular complexity index is 1090. The molecule has 0 bridgehead atoms. The van der Waals surface area contributed by atoms with Crippen LogP contribution in [0.3, 0.4) is 0 Å². The number of anilines is 1. The van der Waals surface area contributed by atoms with E-state index in [1.807, 2.05) is 23.0 Å². The van der Waals surface area contributed by atoms with E-state index in [0.29, 0.717) is 15.6 Å². The first-order valence-corrected chi connectivity index (χ1v) is 9.51. The monoisotopic (exact) mass is 398 g/mol. The molecule has 0 saturated carbocycles. The lowest BCUT2D eigenvalue weighted by molar-refractivity contribution is 0.671. The number of benzene rings is 1. The lowest BCUT2D eigenvalue weighted by Crippen LogP contribution is -2.24. The molecule has 0 aliphatic carbocycles. The molecule has 1 fully saturated rings. The molecule has 6 nitrogen and oxygen atoms in total. The molecule has 4 aromatic rings. The summed E-state index contributed by atoms with van der Waals surface area (Å²) < 4.78 is 1.97. The number of aromatic nitrogens is 5. The van der Waals surface area contributed by atoms with Crippen molar-refractivity contribution in [1.82, 2.24) is 24.5 Å². The zero-order valence-corrected chi connectivity index (χ0v) is 15.8. The van der Waals surface area contributed by atoms with Gasteiger partial charge in [-0.2, -0.15) is 0 Å². The predicted octanol–water partition coefficient (Wildman–Crippen LogP) is 4.79. The molecule has 4 heterocycles. The average Bonchev–Trinajstić information content (AvgIpc) is 3.45. The Hall–Kier alpha value is -2.57. The van der Waals surface area contributed by atoms with Gasteiger partial charge in [0.25, 0.3) is 0 Å². The number of nitrogens with one attached hydrogen (secondary N) is 1. The fourth-order valence-electron chi connectivity index (χ4n) is 3.75. The number of hydrogen-bond acceptors (Lipinski definition) is 4. The van der Waals surface area contributed by atoms with Crippen LogP contribution in [-0.4, -0.2) is 31.0 Å². The summed E-state index contributed by atoms with van der Waals surface area (Å²) in [6, 6.07) is 5.99. The van der Waals surface area contributed by atoms with Gasteiger partial charge in [-0.15, -0.1) is 0 Å². The second-order valence-corrected chi connectivity index (χ2v) is 7.34. The summed E-state index contributed by atoms with van der Waals surface area (Å²) in [6.07, 6.45) is 11.2. The summed E-state index contributed by atoms with van der Waals surface area (Å²) in [4.78, 5) is 19.0. The van der Waals surface area contributed by atoms with E-state index in [1.165, 1.54) is 0 Å². The maximum absolute atomic E-state index is 6.52. The van der Waals surface area contributed by atoms with E-state index in [2.05, 4.69) is 25.9 Å². The van der Waals surface area contributed by atoms with Crippen molar-refractivity contribution < 1.29 is 0 Å². The SMILES string of the molecule is Clc1ccc2c(-n3ccnc3)cc(N3CCCC3c3ncc[nH]3)nc2c1Cl. The number of H-pyrrole nitrogens is 1. The Morgan fingerprint density at radius 3 is 2.89 bits per heavy atom. The molecule has 0 radical (unpaired) electrons. The molecule has 1 atom stereocenters. The van der Waals surface area contributed by atoms with Crippen LogP contribution in [0.25, 0.3) is 16.6 Å². The molecule has 1 saturated heterocycles. The highest BCUT2D eigenvalue weighted by Gasteiger charge is 2.30. The van der Waals surface area contributed by atoms with Gasteiger partial charge in [0.1, 0.15) is 11.6 Å². The molecule has 0 amide bonds. The van der Waals surface area contributed by atoms with E-state index in [0.717, 1.165) is 42.1 Å². The Labute approximate surface area is 165 Å². The first-order valence-electron chi connectivity index (χ1n) is 8.75. The highest BCUT2D eigenvalue weighted by molar-refractivity contribution is 6.45. The van der Waals surface area contributed by atoms with Crippen LogP contribution in [0.15, 0.2) is 49.3 Å². The summed E-state index contributed by atoms with van der Waals surface area (Å²) in [7, 11) is 0. The van der Waals surface area contributed by atoms with E-state index in [-0.39, 0.29) is 6.04 Å². The Kier molecular flexibility index (Phi) is 4.02. The van der Waals surface area contributed by atoms with Crippen molar-refractivity contribution >= 4 is 39.9 Å². The average molecular weight is 399 g/mol. The van der Waals surface area contributed by atoms with Crippen LogP contribution < -0.4 is 4.90 Å². The van der Waals surface area contributed by atoms with E-state index in [1.54, 1.807) is 24.8 Å². The van der Waals surface area contributed by atoms with Crippen molar-refractivity contribution in [3.63, 3.8) is 0 Å². The van der Waals surface area contributed by atoms with E-state index in [4.69, 9.17) is 28.2 Å². The maximum Gasteiger partial charge on any atom is 0.132 e. The van der Waals surface area contributed by atoms with Gasteiger partial charge in [-0.25, -0.2) is 15.0 Å². The lowest BCUT2D eigenvalue weighted by atomic mass is 10.1. The fraction of sp³-hybridized carbons (Fsp3) is 0.211. The normalized spacial score (nSPS) is 17.1. The number of aromatic amines is 1. The largest absolute Gasteiger partial charge is 0.347 e. The van der Waals surface area contributed by atoms with Gasteiger partial charge in [-0.3, -0.25) is 0 Å². The van der Waals surface area contributed by atoms with Crippen molar-refractivity contribution in [2.24, 2.45) is 0 Å². The smallest absolute Gasteiger partial charge is 0.132 e. The number of halogens is 2. The summed E-state index contributed by atoms with van der Waals surface area (Å²) in [6.45, 7) is 0.908. The number of rotatable bonds is 3. The van der Waals surface area contributed by atoms with Crippen molar-refractivity contribution in [3.8, 4) is 5.69 Å². The van der Waals surface area contributed by atoms with Crippen LogP contribution in [0.5, 0.6) is 0 Å². The topological polar surface area (TPSA) is 62.6 Å². The first-order chi connectivity index (χ1) is 13.2. The minimum absolute atomic E-state index is 0.165. The highest BCUT2D eigenvalue weighted by atomic mass is 35.5. The highest BCUT2D eigenvalue weighted by Crippen LogP contribution is 2.38. The van der Waals surface area contributed by atoms with Crippen LogP contribution in [0, 0.1) is 0 Å². The van der Waals surface area contributed by atoms with Crippen molar-refractivity contribution in [1.29, 1.82) is 0 Å². The van der Waals surface area contributed by atoms with Crippen LogP contribution in [-0.2, 0) is 0 Å². The molecule has 0 spiro atoms. The predicted molar refractivity (Wildman–Crippen MR) is 107 cm³/mol. The third-order valence-corrected chi connectivity index (χ3v) is 5.80. The molecule has 3 aromatic heterocycles. The van der Waals surface area contributed by atoms with E-state index >= 15 is 0 Å². The van der Waals surface area contributed by atoms with E-state index < -0.39 is 0 Å². The Morgan fingerprint density at radius 2 is 2.11 bits per heavy atom. The Balaban J connectivity index is 1.72. The molecule has 8 heteroatoms. The fourth-order valence-corrected chi connectivity index (χ4v) is 4.11. The van der Waals surface area contributed by atoms with Gasteiger partial charge in [-0.1, -0.05) is 23.2 Å². The van der Waals surface area contributed by atoms with Gasteiger partial charge in [0.2, 0.25) is 0 Å². The summed E-state index contributed by atoms with van der Waals surface area (Å²) in [5.41, 5.74) is 1.66. The molecule has 1 aliphatic heterocycles. The standard InChI is InChI=1S/C19H16Cl2N6/c20-13-4-3-12-15(26-9-7-22-11-26)10-16(25-18(12)17(13)21)27-8-1-2-14(27)19-23-5-6-24-19/h3-7,9-11,14H,1-2,8H2,(H,23,24). The molecule has 136 valence electrons. The van der Waals surface area contributed by atoms with Gasteiger partial charge >= 0.3 is 0 Å². The third kappa shape index (κ3) is 2.76. The second-order valence-electron chi connectivity index (χ2n) is 6.55. The first kappa shape index (κ1) is 16.6. The minimum atomic E-state index is 0.165. The quantitative estimate of drug-likeness (QED) is 0.538. The van der Waals surface area contributed by atoms with Crippen molar-refractivity contribution in [3.05, 3.63) is 65.2 Å². The number of pyridine rings is 1. The molecule has 27 heavy (non-hydrogen) atoms. The Morgan fingerprint density at radius 1 is 1.19 bits per heavy atom. The summed E-state index contributed by atoms with van der Waals surface area (Å²) >= 11 is 12.8. The van der Waals surface area contributed by atoms with Crippen LogP contribution in [0.2, 0.25) is 10.0 Å². The molecule has 1 aromatic carbocycles. The molecule has 1 unspecified atom stereocenters. The number of imidazole rings is 2. The lowest BCUT2D eigenvalue weighted by Gasteiger charge is -2.25. The van der Waals surface area contributed by atoms with Gasteiger partial charge in [0.15, 0.2) is 0 Å². The molecule has 1 N–H and O–H groups in total. The minimum Gasteiger partial charge on any atom is -0.347 e. The number of nitrogens with zero attached hydrogens (tertiary/aromatic N) is 5. The van der Waals surface area contributed by atoms with Crippen molar-refractivity contribution in [2.45, 2.75) is 18.9 Å². The summed E-state index contributed by atoms with van der Waals surface area (Å²) in [5.74, 6) is 1.81. The van der Waals surface area contributed by atoms with Crippen LogP contribution in [0.4, 0.5) is 5.82 Å². The molecule has 5 rings (SSSR count). The third-order valence-electron chi connectivity index (χ3n) is 5.00. The van der Waals surface area contributed by atoms with E-state index in [9.17, 15) is 0 Å². The molecular weight excluding hydrogens is 383 g/mol. The second kappa shape index (κ2) is 6.55. The number of hydrogen-bond donors (Lipinski definition) is 1. The zero-order chi connectivity index (χ0) is 18.4. The van der Waals surface area contributed by atoms with Gasteiger partial charge < -0.3 is 14.5 Å².